The normalized spacial score (nSPS) is 14.8. The predicted octanol–water partition coefficient (Wildman–Crippen LogP) is 1.20. The van der Waals surface area contributed by atoms with Crippen LogP contribution in [0, 0.1) is 0 Å². The second kappa shape index (κ2) is 3.54. The molecule has 1 heterocycles. The molecule has 0 spiro atoms. The van der Waals surface area contributed by atoms with Gasteiger partial charge in [-0.2, -0.15) is 5.10 Å². The molecule has 1 rings (SSSR count). The first-order valence-corrected chi connectivity index (χ1v) is 3.94. The SMILES string of the molecule is CC(=Cc1cnn(C)c1)C(C)O. The highest BCUT2D eigenvalue weighted by molar-refractivity contribution is 5.51. The Morgan fingerprint density at radius 1 is 1.75 bits per heavy atom. The highest BCUT2D eigenvalue weighted by Gasteiger charge is 1.98. The third-order valence-electron chi connectivity index (χ3n) is 1.78. The van der Waals surface area contributed by atoms with E-state index < -0.39 is 0 Å². The van der Waals surface area contributed by atoms with E-state index >= 15 is 0 Å². The maximum absolute atomic E-state index is 9.19. The lowest BCUT2D eigenvalue weighted by Crippen LogP contribution is -1.99. The summed E-state index contributed by atoms with van der Waals surface area (Å²) >= 11 is 0. The Morgan fingerprint density at radius 3 is 2.83 bits per heavy atom. The molecule has 0 aromatic carbocycles. The molecule has 0 saturated heterocycles. The van der Waals surface area contributed by atoms with Crippen LogP contribution in [0.3, 0.4) is 0 Å². The van der Waals surface area contributed by atoms with E-state index in [1.807, 2.05) is 26.2 Å². The van der Waals surface area contributed by atoms with Crippen LogP contribution in [0.5, 0.6) is 0 Å². The number of rotatable bonds is 2. The minimum Gasteiger partial charge on any atom is -0.389 e. The molecule has 1 aromatic heterocycles. The molecule has 1 unspecified atom stereocenters. The molecule has 12 heavy (non-hydrogen) atoms. The van der Waals surface area contributed by atoms with Gasteiger partial charge in [-0.1, -0.05) is 6.08 Å². The number of hydrogen-bond acceptors (Lipinski definition) is 2. The topological polar surface area (TPSA) is 38.0 Å². The highest BCUT2D eigenvalue weighted by Crippen LogP contribution is 2.07. The fourth-order valence-electron chi connectivity index (χ4n) is 0.898. The van der Waals surface area contributed by atoms with Gasteiger partial charge in [0.25, 0.3) is 0 Å². The van der Waals surface area contributed by atoms with Crippen molar-refractivity contribution in [2.45, 2.75) is 20.0 Å². The van der Waals surface area contributed by atoms with Crippen molar-refractivity contribution in [2.75, 3.05) is 0 Å². The molecule has 3 nitrogen and oxygen atoms in total. The van der Waals surface area contributed by atoms with E-state index in [1.54, 1.807) is 17.8 Å². The Hall–Kier alpha value is -1.09. The fraction of sp³-hybridized carbons (Fsp3) is 0.444. The molecule has 1 aromatic rings. The molecule has 0 fully saturated rings. The summed E-state index contributed by atoms with van der Waals surface area (Å²) in [5, 5.41) is 13.2. The van der Waals surface area contributed by atoms with Crippen molar-refractivity contribution in [3.8, 4) is 0 Å². The Kier molecular flexibility index (Phi) is 2.65. The summed E-state index contributed by atoms with van der Waals surface area (Å²) in [6.07, 6.45) is 5.22. The standard InChI is InChI=1S/C9H14N2O/c1-7(8(2)12)4-9-5-10-11(3)6-9/h4-6,8,12H,1-3H3. The molecule has 0 aliphatic rings. The molecule has 0 bridgehead atoms. The van der Waals surface area contributed by atoms with Gasteiger partial charge in [0.1, 0.15) is 0 Å². The molecule has 0 aliphatic heterocycles. The third kappa shape index (κ3) is 2.20. The van der Waals surface area contributed by atoms with Crippen molar-refractivity contribution in [1.29, 1.82) is 0 Å². The lowest BCUT2D eigenvalue weighted by atomic mass is 10.1. The first kappa shape index (κ1) is 9.00. The molecule has 66 valence electrons. The largest absolute Gasteiger partial charge is 0.389 e. The number of aliphatic hydroxyl groups excluding tert-OH is 1. The molecular weight excluding hydrogens is 152 g/mol. The van der Waals surface area contributed by atoms with Crippen molar-refractivity contribution in [2.24, 2.45) is 7.05 Å². The van der Waals surface area contributed by atoms with E-state index in [1.165, 1.54) is 0 Å². The van der Waals surface area contributed by atoms with Crippen LogP contribution in [-0.2, 0) is 7.05 Å². The van der Waals surface area contributed by atoms with Crippen LogP contribution in [0.15, 0.2) is 18.0 Å². The first-order chi connectivity index (χ1) is 5.59. The van der Waals surface area contributed by atoms with Crippen LogP contribution in [0.4, 0.5) is 0 Å². The van der Waals surface area contributed by atoms with E-state index in [4.69, 9.17) is 0 Å². The van der Waals surface area contributed by atoms with Crippen LogP contribution in [0.1, 0.15) is 19.4 Å². The molecule has 0 radical (unpaired) electrons. The van der Waals surface area contributed by atoms with Crippen LogP contribution < -0.4 is 0 Å². The van der Waals surface area contributed by atoms with E-state index in [2.05, 4.69) is 5.10 Å². The summed E-state index contributed by atoms with van der Waals surface area (Å²) in [4.78, 5) is 0. The second-order valence-electron chi connectivity index (χ2n) is 3.01. The van der Waals surface area contributed by atoms with Crippen molar-refractivity contribution >= 4 is 6.08 Å². The third-order valence-corrected chi connectivity index (χ3v) is 1.78. The number of aromatic nitrogens is 2. The predicted molar refractivity (Wildman–Crippen MR) is 48.5 cm³/mol. The van der Waals surface area contributed by atoms with Crippen molar-refractivity contribution in [3.05, 3.63) is 23.5 Å². The Labute approximate surface area is 72.3 Å². The number of hydrogen-bond donors (Lipinski definition) is 1. The zero-order chi connectivity index (χ0) is 9.14. The summed E-state index contributed by atoms with van der Waals surface area (Å²) in [6.45, 7) is 3.65. The van der Waals surface area contributed by atoms with Crippen LogP contribution in [0.25, 0.3) is 6.08 Å². The highest BCUT2D eigenvalue weighted by atomic mass is 16.3. The summed E-state index contributed by atoms with van der Waals surface area (Å²) < 4.78 is 1.74. The Bertz CT molecular complexity index is 286. The van der Waals surface area contributed by atoms with E-state index in [9.17, 15) is 5.11 Å². The molecular formula is C9H14N2O. The molecule has 1 N–H and O–H groups in total. The summed E-state index contributed by atoms with van der Waals surface area (Å²) in [5.41, 5.74) is 1.97. The smallest absolute Gasteiger partial charge is 0.0722 e. The Balaban J connectivity index is 2.80. The van der Waals surface area contributed by atoms with Gasteiger partial charge in [0.15, 0.2) is 0 Å². The number of nitrogens with zero attached hydrogens (tertiary/aromatic N) is 2. The fourth-order valence-corrected chi connectivity index (χ4v) is 0.898. The average Bonchev–Trinajstić information content (AvgIpc) is 2.35. The van der Waals surface area contributed by atoms with E-state index in [-0.39, 0.29) is 6.10 Å². The van der Waals surface area contributed by atoms with Gasteiger partial charge in [0.2, 0.25) is 0 Å². The number of aryl methyl sites for hydroxylation is 1. The minimum absolute atomic E-state index is 0.384. The van der Waals surface area contributed by atoms with Gasteiger partial charge in [-0.3, -0.25) is 4.68 Å². The summed E-state index contributed by atoms with van der Waals surface area (Å²) in [6, 6.07) is 0. The van der Waals surface area contributed by atoms with Gasteiger partial charge in [-0.15, -0.1) is 0 Å². The second-order valence-corrected chi connectivity index (χ2v) is 3.01. The van der Waals surface area contributed by atoms with Crippen molar-refractivity contribution < 1.29 is 5.11 Å². The first-order valence-electron chi connectivity index (χ1n) is 3.94. The summed E-state index contributed by atoms with van der Waals surface area (Å²) in [5.74, 6) is 0. The van der Waals surface area contributed by atoms with Gasteiger partial charge in [-0.05, 0) is 19.4 Å². The molecule has 0 aliphatic carbocycles. The van der Waals surface area contributed by atoms with Crippen molar-refractivity contribution in [3.63, 3.8) is 0 Å². The summed E-state index contributed by atoms with van der Waals surface area (Å²) in [7, 11) is 1.87. The van der Waals surface area contributed by atoms with Gasteiger partial charge in [0.05, 0.1) is 12.3 Å². The minimum atomic E-state index is -0.384. The van der Waals surface area contributed by atoms with E-state index in [0.29, 0.717) is 0 Å². The van der Waals surface area contributed by atoms with Gasteiger partial charge >= 0.3 is 0 Å². The zero-order valence-electron chi connectivity index (χ0n) is 7.65. The zero-order valence-corrected chi connectivity index (χ0v) is 7.65. The maximum atomic E-state index is 9.19. The monoisotopic (exact) mass is 166 g/mol. The lowest BCUT2D eigenvalue weighted by Gasteiger charge is -2.01. The quantitative estimate of drug-likeness (QED) is 0.717. The van der Waals surface area contributed by atoms with Crippen LogP contribution in [-0.4, -0.2) is 21.0 Å². The lowest BCUT2D eigenvalue weighted by molar-refractivity contribution is 0.232. The maximum Gasteiger partial charge on any atom is 0.0722 e. The van der Waals surface area contributed by atoms with Crippen LogP contribution >= 0.6 is 0 Å². The molecule has 1 atom stereocenters. The van der Waals surface area contributed by atoms with Crippen molar-refractivity contribution in [1.82, 2.24) is 9.78 Å². The molecule has 0 saturated carbocycles. The van der Waals surface area contributed by atoms with Gasteiger partial charge in [0, 0.05) is 18.8 Å². The van der Waals surface area contributed by atoms with Crippen LogP contribution in [0.2, 0.25) is 0 Å². The average molecular weight is 166 g/mol. The van der Waals surface area contributed by atoms with E-state index in [0.717, 1.165) is 11.1 Å². The molecule has 0 amide bonds. The molecule has 3 heteroatoms. The number of aliphatic hydroxyl groups is 1. The van der Waals surface area contributed by atoms with Gasteiger partial charge < -0.3 is 5.11 Å². The van der Waals surface area contributed by atoms with Gasteiger partial charge in [-0.25, -0.2) is 0 Å². The Morgan fingerprint density at radius 2 is 2.42 bits per heavy atom.